The Morgan fingerprint density at radius 2 is 1.90 bits per heavy atom. The third-order valence-corrected chi connectivity index (χ3v) is 10.2. The smallest absolute Gasteiger partial charge is 0.155 e. The molecule has 4 aliphatic rings. The lowest BCUT2D eigenvalue weighted by atomic mass is 9.45. The molecule has 2 N–H and O–H groups in total. The van der Waals surface area contributed by atoms with Gasteiger partial charge in [0.15, 0.2) is 5.78 Å². The summed E-state index contributed by atoms with van der Waals surface area (Å²) in [6, 6.07) is 0. The maximum absolute atomic E-state index is 12.1. The zero-order valence-corrected chi connectivity index (χ0v) is 19.9. The number of ketones is 1. The van der Waals surface area contributed by atoms with Crippen molar-refractivity contribution in [1.29, 1.82) is 0 Å². The van der Waals surface area contributed by atoms with E-state index < -0.39 is 11.7 Å². The number of carbonyl (C=O) groups is 1. The first-order valence-electron chi connectivity index (χ1n) is 12.6. The molecule has 170 valence electrons. The second-order valence-corrected chi connectivity index (χ2v) is 12.4. The van der Waals surface area contributed by atoms with E-state index in [4.69, 9.17) is 0 Å². The lowest BCUT2D eigenvalue weighted by Gasteiger charge is -2.60. The van der Waals surface area contributed by atoms with Crippen LogP contribution in [0.3, 0.4) is 0 Å². The van der Waals surface area contributed by atoms with Gasteiger partial charge in [-0.3, -0.25) is 4.79 Å². The quantitative estimate of drug-likeness (QED) is 0.606. The van der Waals surface area contributed by atoms with Crippen molar-refractivity contribution in [2.24, 2.45) is 40.4 Å². The summed E-state index contributed by atoms with van der Waals surface area (Å²) in [6.07, 6.45) is 11.5. The van der Waals surface area contributed by atoms with E-state index >= 15 is 0 Å². The van der Waals surface area contributed by atoms with Crippen LogP contribution in [0, 0.1) is 40.4 Å². The van der Waals surface area contributed by atoms with Crippen LogP contribution in [0.15, 0.2) is 11.6 Å². The molecular formula is C27H44O3. The number of rotatable bonds is 5. The topological polar surface area (TPSA) is 57.5 Å². The Kier molecular flexibility index (Phi) is 5.80. The van der Waals surface area contributed by atoms with Gasteiger partial charge in [0.05, 0.1) is 11.7 Å². The van der Waals surface area contributed by atoms with E-state index in [9.17, 15) is 15.0 Å². The number of aliphatic hydroxyl groups excluding tert-OH is 1. The molecular weight excluding hydrogens is 372 g/mol. The monoisotopic (exact) mass is 416 g/mol. The average Bonchev–Trinajstić information content (AvgIpc) is 3.01. The molecule has 0 radical (unpaired) electrons. The largest absolute Gasteiger partial charge is 0.390 e. The second kappa shape index (κ2) is 7.73. The van der Waals surface area contributed by atoms with Crippen LogP contribution in [0.1, 0.15) is 98.8 Å². The molecule has 0 aliphatic heterocycles. The van der Waals surface area contributed by atoms with Gasteiger partial charge in [0.25, 0.3) is 0 Å². The minimum atomic E-state index is -0.593. The van der Waals surface area contributed by atoms with Crippen LogP contribution in [0.5, 0.6) is 0 Å². The number of carbonyl (C=O) groups excluding carboxylic acids is 1. The van der Waals surface area contributed by atoms with Gasteiger partial charge in [0.2, 0.25) is 0 Å². The minimum absolute atomic E-state index is 0.0184. The van der Waals surface area contributed by atoms with Crippen LogP contribution in [-0.4, -0.2) is 27.7 Å². The summed E-state index contributed by atoms with van der Waals surface area (Å²) in [7, 11) is 0. The second-order valence-electron chi connectivity index (χ2n) is 12.4. The first-order valence-corrected chi connectivity index (χ1v) is 12.6. The molecule has 0 heterocycles. The highest BCUT2D eigenvalue weighted by atomic mass is 16.3. The van der Waals surface area contributed by atoms with Crippen molar-refractivity contribution in [2.75, 3.05) is 0 Å². The molecule has 0 aromatic heterocycles. The van der Waals surface area contributed by atoms with Crippen molar-refractivity contribution in [2.45, 2.75) is 111 Å². The molecule has 0 spiro atoms. The van der Waals surface area contributed by atoms with Crippen LogP contribution in [0.25, 0.3) is 0 Å². The van der Waals surface area contributed by atoms with Gasteiger partial charge in [0, 0.05) is 6.42 Å². The highest BCUT2D eigenvalue weighted by molar-refractivity contribution is 5.91. The molecule has 0 aromatic carbocycles. The number of hydrogen-bond donors (Lipinski definition) is 2. The number of aliphatic hydroxyl groups is 2. The predicted molar refractivity (Wildman–Crippen MR) is 121 cm³/mol. The van der Waals surface area contributed by atoms with Crippen molar-refractivity contribution < 1.29 is 15.0 Å². The van der Waals surface area contributed by atoms with E-state index in [1.165, 1.54) is 25.7 Å². The molecule has 3 fully saturated rings. The summed E-state index contributed by atoms with van der Waals surface area (Å²) in [4.78, 5) is 12.1. The lowest BCUT2D eigenvalue weighted by Crippen LogP contribution is -2.55. The van der Waals surface area contributed by atoms with Gasteiger partial charge in [-0.1, -0.05) is 40.5 Å². The highest BCUT2D eigenvalue weighted by Gasteiger charge is 2.62. The predicted octanol–water partition coefficient (Wildman–Crippen LogP) is 5.68. The average molecular weight is 417 g/mol. The summed E-state index contributed by atoms with van der Waals surface area (Å²) in [5.41, 5.74) is 0.587. The Morgan fingerprint density at radius 1 is 1.17 bits per heavy atom. The number of fused-ring (bicyclic) bond motifs is 5. The molecule has 30 heavy (non-hydrogen) atoms. The molecule has 3 saturated carbocycles. The van der Waals surface area contributed by atoms with E-state index in [-0.39, 0.29) is 16.6 Å². The summed E-state index contributed by atoms with van der Waals surface area (Å²) in [6.45, 7) is 11.4. The molecule has 0 amide bonds. The molecule has 3 heteroatoms. The van der Waals surface area contributed by atoms with Gasteiger partial charge in [0.1, 0.15) is 0 Å². The standard InChI is InChI=1S/C27H44O3/c1-17(2)7-6-12-27(5,30)24-9-8-20-19-16-23(29)22-15-18(28)10-13-25(22,3)21(19)11-14-26(20,24)4/h15,17,19-21,23-24,29-30H,6-14,16H2,1-5H3/t19-,20-,21-,23+,24-,25+,26-,27?/m0/s1. The molecule has 0 saturated heterocycles. The highest BCUT2D eigenvalue weighted by Crippen LogP contribution is 2.68. The van der Waals surface area contributed by atoms with Crippen molar-refractivity contribution in [3.8, 4) is 0 Å². The molecule has 8 atom stereocenters. The third kappa shape index (κ3) is 3.52. The molecule has 3 nitrogen and oxygen atoms in total. The van der Waals surface area contributed by atoms with Gasteiger partial charge in [-0.2, -0.15) is 0 Å². The minimum Gasteiger partial charge on any atom is -0.390 e. The van der Waals surface area contributed by atoms with Gasteiger partial charge in [-0.15, -0.1) is 0 Å². The van der Waals surface area contributed by atoms with E-state index in [0.717, 1.165) is 37.7 Å². The van der Waals surface area contributed by atoms with E-state index in [2.05, 4.69) is 34.6 Å². The van der Waals surface area contributed by atoms with Crippen LogP contribution in [0.4, 0.5) is 0 Å². The van der Waals surface area contributed by atoms with Crippen molar-refractivity contribution >= 4 is 5.78 Å². The molecule has 4 rings (SSSR count). The fourth-order valence-electron chi connectivity index (χ4n) is 8.67. The van der Waals surface area contributed by atoms with E-state index in [0.29, 0.717) is 36.0 Å². The normalized spacial score (nSPS) is 45.4. The summed E-state index contributed by atoms with van der Waals surface area (Å²) in [5.74, 6) is 2.92. The van der Waals surface area contributed by atoms with Crippen LogP contribution in [0.2, 0.25) is 0 Å². The van der Waals surface area contributed by atoms with E-state index in [1.54, 1.807) is 6.08 Å². The fourth-order valence-corrected chi connectivity index (χ4v) is 8.67. The van der Waals surface area contributed by atoms with Gasteiger partial charge in [-0.25, -0.2) is 0 Å². The van der Waals surface area contributed by atoms with Gasteiger partial charge >= 0.3 is 0 Å². The summed E-state index contributed by atoms with van der Waals surface area (Å²) in [5, 5.41) is 22.6. The first-order chi connectivity index (χ1) is 14.0. The maximum atomic E-state index is 12.1. The molecule has 0 bridgehead atoms. The summed E-state index contributed by atoms with van der Waals surface area (Å²) >= 11 is 0. The zero-order chi connectivity index (χ0) is 21.9. The fraction of sp³-hybridized carbons (Fsp3) is 0.889. The van der Waals surface area contributed by atoms with Crippen molar-refractivity contribution in [1.82, 2.24) is 0 Å². The van der Waals surface area contributed by atoms with Crippen molar-refractivity contribution in [3.63, 3.8) is 0 Å². The Hall–Kier alpha value is -0.670. The Labute approximate surface area is 183 Å². The summed E-state index contributed by atoms with van der Waals surface area (Å²) < 4.78 is 0. The Balaban J connectivity index is 1.56. The SMILES string of the molecule is CC(C)CCCC(C)(O)[C@H]1CC[C@H]2[C@@H]3C[C@@H](O)C4=CC(=O)CC[C@]4(C)[C@H]3CC[C@]12C. The molecule has 1 unspecified atom stereocenters. The van der Waals surface area contributed by atoms with Crippen molar-refractivity contribution in [3.05, 3.63) is 11.6 Å². The third-order valence-electron chi connectivity index (χ3n) is 10.2. The first kappa shape index (κ1) is 22.5. The number of hydrogen-bond acceptors (Lipinski definition) is 3. The lowest BCUT2D eigenvalue weighted by molar-refractivity contribution is -0.126. The molecule has 4 aliphatic carbocycles. The molecule has 0 aromatic rings. The van der Waals surface area contributed by atoms with Gasteiger partial charge < -0.3 is 10.2 Å². The van der Waals surface area contributed by atoms with Crippen LogP contribution < -0.4 is 0 Å². The zero-order valence-electron chi connectivity index (χ0n) is 19.9. The van der Waals surface area contributed by atoms with E-state index in [1.807, 2.05) is 0 Å². The van der Waals surface area contributed by atoms with Crippen LogP contribution in [-0.2, 0) is 4.79 Å². The Bertz CT molecular complexity index is 707. The van der Waals surface area contributed by atoms with Crippen LogP contribution >= 0.6 is 0 Å². The Morgan fingerprint density at radius 3 is 2.60 bits per heavy atom. The maximum Gasteiger partial charge on any atom is 0.155 e. The van der Waals surface area contributed by atoms with Gasteiger partial charge in [-0.05, 0) is 104 Å².